The van der Waals surface area contributed by atoms with Gasteiger partial charge in [0.1, 0.15) is 23.1 Å². The fraction of sp³-hybridized carbons (Fsp3) is 0.600. The van der Waals surface area contributed by atoms with Gasteiger partial charge in [0.05, 0.1) is 51.8 Å². The molecule has 1 aromatic carbocycles. The summed E-state index contributed by atoms with van der Waals surface area (Å²) in [5, 5.41) is 20.1. The van der Waals surface area contributed by atoms with Gasteiger partial charge in [0, 0.05) is 12.9 Å². The van der Waals surface area contributed by atoms with Gasteiger partial charge in [-0.25, -0.2) is 4.79 Å². The van der Waals surface area contributed by atoms with Crippen LogP contribution in [0, 0.1) is 0 Å². The van der Waals surface area contributed by atoms with Crippen LogP contribution in [0.3, 0.4) is 0 Å². The highest BCUT2D eigenvalue weighted by Crippen LogP contribution is 2.38. The van der Waals surface area contributed by atoms with E-state index in [-0.39, 0.29) is 12.4 Å². The second kappa shape index (κ2) is 12.8. The van der Waals surface area contributed by atoms with Crippen molar-refractivity contribution in [2.24, 2.45) is 4.99 Å². The van der Waals surface area contributed by atoms with E-state index in [1.807, 2.05) is 0 Å². The number of phenols is 1. The first-order valence-electron chi connectivity index (χ1n) is 9.61. The van der Waals surface area contributed by atoms with Crippen LogP contribution in [0.25, 0.3) is 0 Å². The van der Waals surface area contributed by atoms with Gasteiger partial charge in [-0.3, -0.25) is 4.99 Å². The fourth-order valence-electron chi connectivity index (χ4n) is 2.48. The molecule has 9 nitrogen and oxygen atoms in total. The quantitative estimate of drug-likeness (QED) is 0.391. The standard InChI is InChI=1S/C20H29NO8S/c1-20(19(23)24)14-30-18(21-20)17-15(22)4-3-5-16(17)29-13-12-28-11-10-27-9-8-26-7-6-25-2/h3-5,22H,6-14H2,1-2H3,(H,23,24). The normalized spacial score (nSPS) is 18.4. The highest BCUT2D eigenvalue weighted by Gasteiger charge is 2.39. The van der Waals surface area contributed by atoms with Crippen molar-refractivity contribution in [1.29, 1.82) is 0 Å². The molecule has 2 rings (SSSR count). The first kappa shape index (κ1) is 24.4. The van der Waals surface area contributed by atoms with Crippen molar-refractivity contribution in [3.63, 3.8) is 0 Å². The molecule has 2 N–H and O–H groups in total. The third-order valence-corrected chi connectivity index (χ3v) is 5.45. The van der Waals surface area contributed by atoms with Crippen LogP contribution < -0.4 is 4.74 Å². The molecule has 0 radical (unpaired) electrons. The molecule has 1 aromatic rings. The van der Waals surface area contributed by atoms with Crippen LogP contribution in [-0.4, -0.2) is 92.5 Å². The van der Waals surface area contributed by atoms with E-state index in [2.05, 4.69) is 4.99 Å². The van der Waals surface area contributed by atoms with Crippen molar-refractivity contribution in [2.75, 3.05) is 65.7 Å². The lowest BCUT2D eigenvalue weighted by atomic mass is 10.1. The second-order valence-corrected chi connectivity index (χ2v) is 7.58. The molecule has 1 heterocycles. The van der Waals surface area contributed by atoms with E-state index in [1.54, 1.807) is 26.2 Å². The Balaban J connectivity index is 1.72. The van der Waals surface area contributed by atoms with E-state index in [1.165, 1.54) is 17.8 Å². The number of hydrogen-bond donors (Lipinski definition) is 2. The Hall–Kier alpha value is -1.85. The van der Waals surface area contributed by atoms with E-state index in [0.29, 0.717) is 68.4 Å². The molecular formula is C20H29NO8S. The number of thioether (sulfide) groups is 1. The molecule has 1 aliphatic rings. The van der Waals surface area contributed by atoms with Crippen molar-refractivity contribution in [2.45, 2.75) is 12.5 Å². The van der Waals surface area contributed by atoms with E-state index in [4.69, 9.17) is 23.7 Å². The number of hydrogen-bond acceptors (Lipinski definition) is 9. The summed E-state index contributed by atoms with van der Waals surface area (Å²) in [6, 6.07) is 4.89. The molecule has 1 aliphatic heterocycles. The van der Waals surface area contributed by atoms with Gasteiger partial charge in [-0.05, 0) is 19.1 Å². The number of nitrogens with zero attached hydrogens (tertiary/aromatic N) is 1. The molecule has 0 saturated heterocycles. The number of benzene rings is 1. The van der Waals surface area contributed by atoms with Crippen molar-refractivity contribution in [3.8, 4) is 11.5 Å². The number of ether oxygens (including phenoxy) is 5. The van der Waals surface area contributed by atoms with Crippen LogP contribution in [0.1, 0.15) is 12.5 Å². The largest absolute Gasteiger partial charge is 0.507 e. The molecule has 1 unspecified atom stereocenters. The van der Waals surface area contributed by atoms with E-state index < -0.39 is 11.5 Å². The van der Waals surface area contributed by atoms with E-state index in [9.17, 15) is 15.0 Å². The van der Waals surface area contributed by atoms with Crippen LogP contribution in [0.4, 0.5) is 0 Å². The molecule has 0 bridgehead atoms. The van der Waals surface area contributed by atoms with E-state index >= 15 is 0 Å². The Labute approximate surface area is 180 Å². The monoisotopic (exact) mass is 443 g/mol. The maximum absolute atomic E-state index is 11.4. The Morgan fingerprint density at radius 2 is 1.67 bits per heavy atom. The van der Waals surface area contributed by atoms with Crippen LogP contribution in [0.5, 0.6) is 11.5 Å². The summed E-state index contributed by atoms with van der Waals surface area (Å²) in [6.45, 7) is 5.15. The topological polar surface area (TPSA) is 116 Å². The molecule has 0 amide bonds. The van der Waals surface area contributed by atoms with Crippen LogP contribution >= 0.6 is 11.8 Å². The lowest BCUT2D eigenvalue weighted by Crippen LogP contribution is -2.33. The van der Waals surface area contributed by atoms with Crippen molar-refractivity contribution < 1.29 is 38.7 Å². The van der Waals surface area contributed by atoms with Gasteiger partial charge in [0.2, 0.25) is 0 Å². The van der Waals surface area contributed by atoms with Gasteiger partial charge in [0.25, 0.3) is 0 Å². The van der Waals surface area contributed by atoms with Crippen molar-refractivity contribution in [1.82, 2.24) is 0 Å². The zero-order valence-corrected chi connectivity index (χ0v) is 18.1. The minimum Gasteiger partial charge on any atom is -0.507 e. The SMILES string of the molecule is COCCOCCOCCOCCOc1cccc(O)c1C1=NC(C)(C(=O)O)CS1. The molecule has 0 aromatic heterocycles. The Morgan fingerprint density at radius 3 is 2.23 bits per heavy atom. The number of aromatic hydroxyl groups is 1. The highest BCUT2D eigenvalue weighted by atomic mass is 32.2. The third-order valence-electron chi connectivity index (χ3n) is 4.18. The number of carboxylic acid groups (broad SMARTS) is 1. The number of aliphatic imine (C=N–C) groups is 1. The number of methoxy groups -OCH3 is 1. The fourth-order valence-corrected chi connectivity index (χ4v) is 3.71. The van der Waals surface area contributed by atoms with Gasteiger partial charge in [-0.2, -0.15) is 0 Å². The molecule has 0 spiro atoms. The average molecular weight is 444 g/mol. The summed E-state index contributed by atoms with van der Waals surface area (Å²) in [6.07, 6.45) is 0. The Bertz CT molecular complexity index is 714. The highest BCUT2D eigenvalue weighted by molar-refractivity contribution is 8.14. The molecular weight excluding hydrogens is 414 g/mol. The van der Waals surface area contributed by atoms with Crippen LogP contribution in [0.2, 0.25) is 0 Å². The first-order chi connectivity index (χ1) is 14.5. The molecule has 168 valence electrons. The molecule has 0 saturated carbocycles. The molecule has 1 atom stereocenters. The summed E-state index contributed by atoms with van der Waals surface area (Å²) in [7, 11) is 1.62. The summed E-state index contributed by atoms with van der Waals surface area (Å²) in [5.41, 5.74) is -0.804. The minimum atomic E-state index is -1.21. The van der Waals surface area contributed by atoms with Gasteiger partial charge in [-0.15, -0.1) is 11.8 Å². The maximum atomic E-state index is 11.4. The molecule has 10 heteroatoms. The zero-order valence-electron chi connectivity index (χ0n) is 17.3. The Morgan fingerprint density at radius 1 is 1.07 bits per heavy atom. The summed E-state index contributed by atoms with van der Waals surface area (Å²) in [4.78, 5) is 15.7. The van der Waals surface area contributed by atoms with E-state index in [0.717, 1.165) is 0 Å². The lowest BCUT2D eigenvalue weighted by molar-refractivity contribution is -0.141. The second-order valence-electron chi connectivity index (χ2n) is 6.61. The van der Waals surface area contributed by atoms with Gasteiger partial charge < -0.3 is 33.9 Å². The predicted molar refractivity (Wildman–Crippen MR) is 113 cm³/mol. The predicted octanol–water partition coefficient (Wildman–Crippen LogP) is 1.80. The number of carboxylic acids is 1. The van der Waals surface area contributed by atoms with Crippen molar-refractivity contribution in [3.05, 3.63) is 23.8 Å². The van der Waals surface area contributed by atoms with Crippen molar-refractivity contribution >= 4 is 22.8 Å². The molecule has 30 heavy (non-hydrogen) atoms. The number of carbonyl (C=O) groups is 1. The zero-order chi connectivity index (χ0) is 21.8. The minimum absolute atomic E-state index is 0.00424. The van der Waals surface area contributed by atoms with Gasteiger partial charge in [0.15, 0.2) is 5.54 Å². The summed E-state index contributed by atoms with van der Waals surface area (Å²) < 4.78 is 26.8. The smallest absolute Gasteiger partial charge is 0.332 e. The maximum Gasteiger partial charge on any atom is 0.332 e. The average Bonchev–Trinajstić information content (AvgIpc) is 3.12. The molecule has 0 aliphatic carbocycles. The third kappa shape index (κ3) is 7.44. The number of aliphatic carboxylic acids is 1. The number of rotatable bonds is 15. The van der Waals surface area contributed by atoms with Crippen LogP contribution in [-0.2, 0) is 23.7 Å². The van der Waals surface area contributed by atoms with Crippen LogP contribution in [0.15, 0.2) is 23.2 Å². The molecule has 0 fully saturated rings. The first-order valence-corrected chi connectivity index (χ1v) is 10.6. The van der Waals surface area contributed by atoms with Gasteiger partial charge >= 0.3 is 5.97 Å². The Kier molecular flexibility index (Phi) is 10.4. The number of phenolic OH excluding ortho intramolecular Hbond substituents is 1. The lowest BCUT2D eigenvalue weighted by Gasteiger charge is -2.13. The summed E-state index contributed by atoms with van der Waals surface area (Å²) in [5.74, 6) is -0.272. The van der Waals surface area contributed by atoms with Gasteiger partial charge in [-0.1, -0.05) is 6.07 Å². The summed E-state index contributed by atoms with van der Waals surface area (Å²) >= 11 is 1.28.